The Balaban J connectivity index is 1.62. The van der Waals surface area contributed by atoms with Crippen LogP contribution in [0.1, 0.15) is 15.9 Å². The van der Waals surface area contributed by atoms with E-state index in [1.165, 1.54) is 36.5 Å². The van der Waals surface area contributed by atoms with E-state index in [1.54, 1.807) is 36.0 Å². The Bertz CT molecular complexity index is 1000. The molecule has 2 aromatic heterocycles. The van der Waals surface area contributed by atoms with E-state index in [9.17, 15) is 13.2 Å². The molecule has 2 N–H and O–H groups in total. The van der Waals surface area contributed by atoms with Crippen molar-refractivity contribution in [2.45, 2.75) is 4.21 Å². The third kappa shape index (κ3) is 4.52. The maximum atomic E-state index is 12.2. The molecule has 0 saturated carbocycles. The van der Waals surface area contributed by atoms with E-state index in [-0.39, 0.29) is 4.21 Å². The van der Waals surface area contributed by atoms with Gasteiger partial charge in [0, 0.05) is 23.6 Å². The van der Waals surface area contributed by atoms with Gasteiger partial charge in [-0.3, -0.25) is 14.5 Å². The van der Waals surface area contributed by atoms with E-state index in [1.807, 2.05) is 0 Å². The summed E-state index contributed by atoms with van der Waals surface area (Å²) in [6.45, 7) is 0. The molecule has 1 aromatic carbocycles. The zero-order valence-corrected chi connectivity index (χ0v) is 15.0. The lowest BCUT2D eigenvalue weighted by Gasteiger charge is -2.07. The molecule has 7 nitrogen and oxygen atoms in total. The Hall–Kier alpha value is -3.04. The lowest BCUT2D eigenvalue weighted by Crippen LogP contribution is -2.17. The number of nitrogens with zero attached hydrogens (tertiary/aromatic N) is 2. The first-order valence-corrected chi connectivity index (χ1v) is 9.81. The van der Waals surface area contributed by atoms with Gasteiger partial charge in [0.05, 0.1) is 6.21 Å². The highest BCUT2D eigenvalue weighted by atomic mass is 32.2. The van der Waals surface area contributed by atoms with Crippen LogP contribution in [0, 0.1) is 0 Å². The van der Waals surface area contributed by atoms with Crippen molar-refractivity contribution >= 4 is 39.2 Å². The van der Waals surface area contributed by atoms with Crippen LogP contribution in [0.5, 0.6) is 0 Å². The van der Waals surface area contributed by atoms with Crippen LogP contribution < -0.4 is 10.1 Å². The molecule has 0 atom stereocenters. The van der Waals surface area contributed by atoms with E-state index in [0.29, 0.717) is 11.3 Å². The summed E-state index contributed by atoms with van der Waals surface area (Å²) in [6, 6.07) is 12.8. The molecule has 0 saturated heterocycles. The van der Waals surface area contributed by atoms with Crippen molar-refractivity contribution in [2.24, 2.45) is 5.10 Å². The zero-order chi connectivity index (χ0) is 18.4. The first kappa shape index (κ1) is 17.8. The molecule has 9 heteroatoms. The molecule has 26 heavy (non-hydrogen) atoms. The molecule has 0 bridgehead atoms. The Morgan fingerprint density at radius 1 is 1.08 bits per heavy atom. The van der Waals surface area contributed by atoms with E-state index in [4.69, 9.17) is 0 Å². The summed E-state index contributed by atoms with van der Waals surface area (Å²) in [5, 5.41) is 5.56. The second-order valence-corrected chi connectivity index (χ2v) is 7.95. The Morgan fingerprint density at radius 3 is 2.46 bits per heavy atom. The normalized spacial score (nSPS) is 11.4. The van der Waals surface area contributed by atoms with Gasteiger partial charge in [0.25, 0.3) is 15.9 Å². The smallest absolute Gasteiger partial charge is 0.271 e. The van der Waals surface area contributed by atoms with Crippen molar-refractivity contribution in [3.63, 3.8) is 0 Å². The third-order valence-corrected chi connectivity index (χ3v) is 6.02. The summed E-state index contributed by atoms with van der Waals surface area (Å²) >= 11 is 1.13. The highest BCUT2D eigenvalue weighted by Gasteiger charge is 2.15. The number of rotatable bonds is 6. The molecule has 132 valence electrons. The first-order chi connectivity index (χ1) is 12.5. The van der Waals surface area contributed by atoms with Gasteiger partial charge in [-0.1, -0.05) is 6.07 Å². The number of amides is 1. The van der Waals surface area contributed by atoms with Crippen LogP contribution in [0.2, 0.25) is 0 Å². The highest BCUT2D eigenvalue weighted by molar-refractivity contribution is 7.94. The van der Waals surface area contributed by atoms with Crippen LogP contribution in [0.15, 0.2) is 75.6 Å². The van der Waals surface area contributed by atoms with Gasteiger partial charge in [-0.15, -0.1) is 11.3 Å². The first-order valence-electron chi connectivity index (χ1n) is 7.44. The summed E-state index contributed by atoms with van der Waals surface area (Å²) in [7, 11) is -3.61. The summed E-state index contributed by atoms with van der Waals surface area (Å²) < 4.78 is 27.0. The van der Waals surface area contributed by atoms with Gasteiger partial charge in [0.2, 0.25) is 0 Å². The van der Waals surface area contributed by atoms with Crippen molar-refractivity contribution in [1.82, 2.24) is 10.4 Å². The average Bonchev–Trinajstić information content (AvgIpc) is 3.19. The van der Waals surface area contributed by atoms with Gasteiger partial charge < -0.3 is 0 Å². The largest absolute Gasteiger partial charge is 0.279 e. The molecule has 0 fully saturated rings. The van der Waals surface area contributed by atoms with Gasteiger partial charge in [0.1, 0.15) is 4.21 Å². The van der Waals surface area contributed by atoms with Gasteiger partial charge in [-0.25, -0.2) is 13.8 Å². The summed E-state index contributed by atoms with van der Waals surface area (Å²) in [6.07, 6.45) is 4.75. The Kier molecular flexibility index (Phi) is 5.40. The fraction of sp³-hybridized carbons (Fsp3) is 0. The standard InChI is InChI=1S/C17H14N4O3S2/c22-17(20-19-12-13-7-9-18-10-8-13)14-3-5-15(6-4-14)21-26(23,24)16-2-1-11-25-16/h1-12,21H,(H,20,22)/b19-12-. The quantitative estimate of drug-likeness (QED) is 0.502. The number of anilines is 1. The van der Waals surface area contributed by atoms with Gasteiger partial charge in [-0.05, 0) is 53.4 Å². The predicted octanol–water partition coefficient (Wildman–Crippen LogP) is 2.71. The number of carbonyl (C=O) groups excluding carboxylic acids is 1. The number of hydrazone groups is 1. The van der Waals surface area contributed by atoms with Crippen molar-refractivity contribution in [3.8, 4) is 0 Å². The second kappa shape index (κ2) is 7.89. The minimum Gasteiger partial charge on any atom is -0.279 e. The van der Waals surface area contributed by atoms with E-state index < -0.39 is 15.9 Å². The van der Waals surface area contributed by atoms with Crippen LogP contribution in [-0.2, 0) is 10.0 Å². The molecule has 2 heterocycles. The predicted molar refractivity (Wildman–Crippen MR) is 101 cm³/mol. The molecule has 3 rings (SSSR count). The summed E-state index contributed by atoms with van der Waals surface area (Å²) in [4.78, 5) is 15.9. The maximum Gasteiger partial charge on any atom is 0.271 e. The molecular weight excluding hydrogens is 372 g/mol. The van der Waals surface area contributed by atoms with Crippen LogP contribution in [0.4, 0.5) is 5.69 Å². The Labute approximate surface area is 154 Å². The van der Waals surface area contributed by atoms with Gasteiger partial charge in [0.15, 0.2) is 0 Å². The van der Waals surface area contributed by atoms with Crippen molar-refractivity contribution in [1.29, 1.82) is 0 Å². The number of aromatic nitrogens is 1. The third-order valence-electron chi connectivity index (χ3n) is 3.25. The lowest BCUT2D eigenvalue weighted by atomic mass is 10.2. The molecule has 0 aliphatic carbocycles. The van der Waals surface area contributed by atoms with Crippen LogP contribution in [0.3, 0.4) is 0 Å². The molecule has 0 aliphatic rings. The fourth-order valence-corrected chi connectivity index (χ4v) is 4.04. The number of hydrogen-bond acceptors (Lipinski definition) is 6. The van der Waals surface area contributed by atoms with Crippen molar-refractivity contribution in [3.05, 3.63) is 77.4 Å². The molecule has 0 aliphatic heterocycles. The maximum absolute atomic E-state index is 12.2. The number of thiophene rings is 1. The zero-order valence-electron chi connectivity index (χ0n) is 13.4. The monoisotopic (exact) mass is 386 g/mol. The minimum atomic E-state index is -3.61. The average molecular weight is 386 g/mol. The number of hydrogen-bond donors (Lipinski definition) is 2. The van der Waals surface area contributed by atoms with Crippen LogP contribution in [0.25, 0.3) is 0 Å². The van der Waals surface area contributed by atoms with Gasteiger partial charge >= 0.3 is 0 Å². The van der Waals surface area contributed by atoms with E-state index in [0.717, 1.165) is 16.9 Å². The fourth-order valence-electron chi connectivity index (χ4n) is 1.99. The highest BCUT2D eigenvalue weighted by Crippen LogP contribution is 2.20. The lowest BCUT2D eigenvalue weighted by molar-refractivity contribution is 0.0955. The molecule has 1 amide bonds. The molecule has 0 radical (unpaired) electrons. The van der Waals surface area contributed by atoms with E-state index in [2.05, 4.69) is 20.2 Å². The summed E-state index contributed by atoms with van der Waals surface area (Å²) in [5.74, 6) is -0.400. The van der Waals surface area contributed by atoms with E-state index >= 15 is 0 Å². The van der Waals surface area contributed by atoms with Crippen molar-refractivity contribution < 1.29 is 13.2 Å². The number of carbonyl (C=O) groups is 1. The Morgan fingerprint density at radius 2 is 1.81 bits per heavy atom. The summed E-state index contributed by atoms with van der Waals surface area (Å²) in [5.41, 5.74) is 3.94. The topological polar surface area (TPSA) is 101 Å². The van der Waals surface area contributed by atoms with Crippen LogP contribution in [-0.4, -0.2) is 25.5 Å². The number of benzene rings is 1. The number of nitrogens with one attached hydrogen (secondary N) is 2. The minimum absolute atomic E-state index is 0.227. The molecule has 0 unspecified atom stereocenters. The molecule has 3 aromatic rings. The molecular formula is C17H14N4O3S2. The van der Waals surface area contributed by atoms with Gasteiger partial charge in [-0.2, -0.15) is 5.10 Å². The SMILES string of the molecule is O=C(N/N=C\c1ccncc1)c1ccc(NS(=O)(=O)c2cccs2)cc1. The second-order valence-electron chi connectivity index (χ2n) is 5.09. The van der Waals surface area contributed by atoms with Crippen molar-refractivity contribution in [2.75, 3.05) is 4.72 Å². The molecule has 0 spiro atoms. The number of sulfonamides is 1. The number of pyridine rings is 1. The van der Waals surface area contributed by atoms with Crippen LogP contribution >= 0.6 is 11.3 Å².